The van der Waals surface area contributed by atoms with Gasteiger partial charge in [-0.1, -0.05) is 60.7 Å². The normalized spacial score (nSPS) is 10.6. The number of rotatable bonds is 3. The highest BCUT2D eigenvalue weighted by molar-refractivity contribution is 7.22. The van der Waals surface area contributed by atoms with E-state index < -0.39 is 17.4 Å². The van der Waals surface area contributed by atoms with Crippen molar-refractivity contribution >= 4 is 44.5 Å². The number of benzene rings is 2. The molecule has 0 fully saturated rings. The molecule has 2 aromatic carbocycles. The van der Waals surface area contributed by atoms with Crippen LogP contribution in [0.15, 0.2) is 86.8 Å². The second kappa shape index (κ2) is 9.27. The Morgan fingerprint density at radius 2 is 1.45 bits per heavy atom. The molecule has 0 aliphatic heterocycles. The number of aromatic carboxylic acids is 1. The lowest BCUT2D eigenvalue weighted by Crippen LogP contribution is -2.21. The smallest absolute Gasteiger partial charge is 0.422 e. The van der Waals surface area contributed by atoms with Crippen LogP contribution < -0.4 is 17.1 Å². The van der Waals surface area contributed by atoms with Gasteiger partial charge < -0.3 is 15.3 Å². The van der Waals surface area contributed by atoms with Gasteiger partial charge >= 0.3 is 17.4 Å². The summed E-state index contributed by atoms with van der Waals surface area (Å²) < 4.78 is 6.45. The van der Waals surface area contributed by atoms with Crippen LogP contribution >= 0.6 is 22.7 Å². The molecule has 9 heteroatoms. The summed E-state index contributed by atoms with van der Waals surface area (Å²) in [6.45, 7) is 0. The molecule has 0 aliphatic rings. The number of hydrogen-bond acceptors (Lipinski definition) is 7. The molecule has 0 unspecified atom stereocenters. The summed E-state index contributed by atoms with van der Waals surface area (Å²) in [5.41, 5.74) is 7.98. The van der Waals surface area contributed by atoms with Gasteiger partial charge in [-0.2, -0.15) is 0 Å². The van der Waals surface area contributed by atoms with Crippen LogP contribution in [0.5, 0.6) is 0 Å². The molecule has 3 aromatic heterocycles. The average Bonchev–Trinajstić information content (AvgIpc) is 3.44. The van der Waals surface area contributed by atoms with Gasteiger partial charge in [0.05, 0.1) is 11.2 Å². The molecule has 5 aromatic rings. The summed E-state index contributed by atoms with van der Waals surface area (Å²) in [7, 11) is 1.59. The minimum atomic E-state index is -0.973. The van der Waals surface area contributed by atoms with Crippen LogP contribution in [0.3, 0.4) is 0 Å². The highest BCUT2D eigenvalue weighted by Gasteiger charge is 2.14. The van der Waals surface area contributed by atoms with E-state index in [2.05, 4.69) is 4.42 Å². The average molecular weight is 479 g/mol. The third-order valence-electron chi connectivity index (χ3n) is 4.78. The molecule has 166 valence electrons. The van der Waals surface area contributed by atoms with Crippen LogP contribution in [0, 0.1) is 0 Å². The fourth-order valence-electron chi connectivity index (χ4n) is 3.13. The molecule has 0 amide bonds. The number of aromatic nitrogens is 1. The van der Waals surface area contributed by atoms with Crippen molar-refractivity contribution in [2.45, 2.75) is 0 Å². The van der Waals surface area contributed by atoms with Gasteiger partial charge in [0.25, 0.3) is 0 Å². The first kappa shape index (κ1) is 22.3. The van der Waals surface area contributed by atoms with Gasteiger partial charge in [0.2, 0.25) is 0 Å². The Bertz CT molecular complexity index is 1550. The Balaban J connectivity index is 0.000000160. The van der Waals surface area contributed by atoms with E-state index >= 15 is 0 Å². The predicted octanol–water partition coefficient (Wildman–Crippen LogP) is 4.92. The van der Waals surface area contributed by atoms with E-state index in [0.29, 0.717) is 15.9 Å². The first-order valence-corrected chi connectivity index (χ1v) is 11.4. The standard InChI is InChI=1S/C13H9NO3S.C11H9NO2S/c1-14-9-7-10(8-5-3-2-4-6-8)18-11(9)12(15)17-13(14)16;12-8-6-9(15-10(8)11(13)14)7-4-2-1-3-5-7/h2-7H,1H3;1-6H,12H2,(H,13,14). The van der Waals surface area contributed by atoms with Crippen molar-refractivity contribution in [1.29, 1.82) is 0 Å². The Kier molecular flexibility index (Phi) is 6.25. The van der Waals surface area contributed by atoms with Crippen molar-refractivity contribution in [3.63, 3.8) is 0 Å². The summed E-state index contributed by atoms with van der Waals surface area (Å²) in [4.78, 5) is 35.9. The molecule has 3 heterocycles. The van der Waals surface area contributed by atoms with Gasteiger partial charge in [0.1, 0.15) is 9.58 Å². The van der Waals surface area contributed by atoms with E-state index in [1.165, 1.54) is 27.2 Å². The Morgan fingerprint density at radius 1 is 0.909 bits per heavy atom. The van der Waals surface area contributed by atoms with Crippen LogP contribution in [0.4, 0.5) is 5.69 Å². The minimum absolute atomic E-state index is 0.203. The molecule has 0 aliphatic carbocycles. The summed E-state index contributed by atoms with van der Waals surface area (Å²) in [5, 5.41) is 8.86. The van der Waals surface area contributed by atoms with Crippen molar-refractivity contribution in [1.82, 2.24) is 4.57 Å². The van der Waals surface area contributed by atoms with E-state index in [1.807, 2.05) is 66.7 Å². The van der Waals surface area contributed by atoms with Gasteiger partial charge in [-0.3, -0.25) is 4.57 Å². The zero-order valence-electron chi connectivity index (χ0n) is 17.3. The molecule has 0 radical (unpaired) electrons. The van der Waals surface area contributed by atoms with Gasteiger partial charge in [-0.05, 0) is 23.3 Å². The number of carboxylic acid groups (broad SMARTS) is 1. The molecule has 3 N–H and O–H groups in total. The predicted molar refractivity (Wildman–Crippen MR) is 132 cm³/mol. The maximum absolute atomic E-state index is 11.6. The van der Waals surface area contributed by atoms with Gasteiger partial charge in [0, 0.05) is 16.8 Å². The largest absolute Gasteiger partial charge is 0.477 e. The van der Waals surface area contributed by atoms with Crippen molar-refractivity contribution in [3.05, 3.63) is 98.6 Å². The molecule has 5 rings (SSSR count). The SMILES string of the molecule is Cn1c(=O)oc(=O)c2sc(-c3ccccc3)cc21.Nc1cc(-c2ccccc2)sc1C(=O)O. The van der Waals surface area contributed by atoms with E-state index in [-0.39, 0.29) is 4.88 Å². The number of nitrogen functional groups attached to an aromatic ring is 1. The van der Waals surface area contributed by atoms with Crippen LogP contribution in [0.2, 0.25) is 0 Å². The van der Waals surface area contributed by atoms with Crippen LogP contribution in [-0.4, -0.2) is 15.6 Å². The lowest BCUT2D eigenvalue weighted by molar-refractivity contribution is 0.0703. The topological polar surface area (TPSA) is 116 Å². The van der Waals surface area contributed by atoms with E-state index in [0.717, 1.165) is 20.9 Å². The Hall–Kier alpha value is -3.95. The molecule has 0 atom stereocenters. The molecule has 7 nitrogen and oxygen atoms in total. The number of hydrogen-bond donors (Lipinski definition) is 2. The fourth-order valence-corrected chi connectivity index (χ4v) is 5.12. The first-order valence-electron chi connectivity index (χ1n) is 9.72. The first-order chi connectivity index (χ1) is 15.8. The molecule has 33 heavy (non-hydrogen) atoms. The maximum atomic E-state index is 11.6. The van der Waals surface area contributed by atoms with E-state index in [4.69, 9.17) is 10.8 Å². The highest BCUT2D eigenvalue weighted by atomic mass is 32.1. The summed E-state index contributed by atoms with van der Waals surface area (Å²) in [6.07, 6.45) is 0. The number of anilines is 1. The molecule has 0 saturated heterocycles. The number of carboxylic acids is 1. The highest BCUT2D eigenvalue weighted by Crippen LogP contribution is 2.33. The number of nitrogens with zero attached hydrogens (tertiary/aromatic N) is 1. The van der Waals surface area contributed by atoms with Crippen molar-refractivity contribution in [2.24, 2.45) is 7.05 Å². The second-order valence-corrected chi connectivity index (χ2v) is 9.08. The third kappa shape index (κ3) is 4.64. The Labute approximate surface area is 195 Å². The van der Waals surface area contributed by atoms with E-state index in [9.17, 15) is 14.4 Å². The van der Waals surface area contributed by atoms with Gasteiger partial charge in [-0.15, -0.1) is 22.7 Å². The quantitative estimate of drug-likeness (QED) is 0.380. The van der Waals surface area contributed by atoms with Gasteiger partial charge in [-0.25, -0.2) is 14.4 Å². The zero-order valence-corrected chi connectivity index (χ0v) is 19.0. The number of aryl methyl sites for hydroxylation is 1. The molecule has 0 bridgehead atoms. The molecular formula is C24H18N2O5S2. The number of fused-ring (bicyclic) bond motifs is 1. The number of nitrogens with two attached hydrogens (primary N) is 1. The molecule has 0 spiro atoms. The van der Waals surface area contributed by atoms with Crippen molar-refractivity contribution in [3.8, 4) is 20.9 Å². The second-order valence-electron chi connectivity index (χ2n) is 6.97. The van der Waals surface area contributed by atoms with E-state index in [1.54, 1.807) is 13.1 Å². The van der Waals surface area contributed by atoms with Gasteiger partial charge in [0.15, 0.2) is 0 Å². The lowest BCUT2D eigenvalue weighted by Gasteiger charge is -1.95. The van der Waals surface area contributed by atoms with Crippen molar-refractivity contribution < 1.29 is 14.3 Å². The molecular weight excluding hydrogens is 460 g/mol. The zero-order chi connectivity index (χ0) is 23.5. The van der Waals surface area contributed by atoms with Crippen molar-refractivity contribution in [2.75, 3.05) is 5.73 Å². The lowest BCUT2D eigenvalue weighted by atomic mass is 10.2. The monoisotopic (exact) mass is 478 g/mol. The van der Waals surface area contributed by atoms with Crippen LogP contribution in [0.25, 0.3) is 31.1 Å². The van der Waals surface area contributed by atoms with Crippen LogP contribution in [0.1, 0.15) is 9.67 Å². The third-order valence-corrected chi connectivity index (χ3v) is 7.13. The van der Waals surface area contributed by atoms with Crippen LogP contribution in [-0.2, 0) is 7.05 Å². The minimum Gasteiger partial charge on any atom is -0.477 e. The summed E-state index contributed by atoms with van der Waals surface area (Å²) in [5.74, 6) is -1.61. The summed E-state index contributed by atoms with van der Waals surface area (Å²) in [6, 6.07) is 22.8. The number of thiophene rings is 2. The Morgan fingerprint density at radius 3 is 1.97 bits per heavy atom. The number of carbonyl (C=O) groups is 1. The molecule has 0 saturated carbocycles. The summed E-state index contributed by atoms with van der Waals surface area (Å²) >= 11 is 2.53. The fraction of sp³-hybridized carbons (Fsp3) is 0.0417. The maximum Gasteiger partial charge on any atom is 0.422 e.